The summed E-state index contributed by atoms with van der Waals surface area (Å²) in [5.74, 6) is 3.00. The lowest BCUT2D eigenvalue weighted by atomic mass is 9.75. The molecular weight excluding hydrogens is 182 g/mol. The van der Waals surface area contributed by atoms with Crippen LogP contribution in [-0.4, -0.2) is 24.7 Å². The van der Waals surface area contributed by atoms with Crippen LogP contribution in [0.1, 0.15) is 19.3 Å². The van der Waals surface area contributed by atoms with E-state index in [0.29, 0.717) is 5.92 Å². The number of ether oxygens (including phenoxy) is 1. The molecule has 13 heavy (non-hydrogen) atoms. The Kier molecular flexibility index (Phi) is 2.80. The molecule has 2 aliphatic heterocycles. The summed E-state index contributed by atoms with van der Waals surface area (Å²) in [6.07, 6.45) is 3.25. The van der Waals surface area contributed by atoms with E-state index < -0.39 is 0 Å². The maximum Gasteiger partial charge on any atom is 0.0690 e. The van der Waals surface area contributed by atoms with Gasteiger partial charge in [-0.25, -0.2) is 0 Å². The summed E-state index contributed by atoms with van der Waals surface area (Å²) in [7, 11) is 0. The Labute approximate surface area is 83.6 Å². The molecule has 2 aliphatic rings. The summed E-state index contributed by atoms with van der Waals surface area (Å²) in [5.41, 5.74) is -0.000301. The normalized spacial score (nSPS) is 27.6. The molecule has 0 amide bonds. The van der Waals surface area contributed by atoms with Gasteiger partial charge in [-0.15, -0.1) is 0 Å². The number of hydrogen-bond donors (Lipinski definition) is 0. The lowest BCUT2D eigenvalue weighted by Gasteiger charge is -2.36. The van der Waals surface area contributed by atoms with Crippen LogP contribution in [0.25, 0.3) is 0 Å². The summed E-state index contributed by atoms with van der Waals surface area (Å²) < 4.78 is 5.15. The van der Waals surface area contributed by atoms with Crippen molar-refractivity contribution in [3.8, 4) is 6.07 Å². The van der Waals surface area contributed by atoms with Crippen molar-refractivity contribution in [2.24, 2.45) is 11.3 Å². The zero-order chi connectivity index (χ0) is 9.15. The SMILES string of the molecule is N#CC1(CC2COC2)CCSCC1. The zero-order valence-electron chi connectivity index (χ0n) is 7.79. The third-order valence-corrected chi connectivity index (χ3v) is 4.06. The van der Waals surface area contributed by atoms with E-state index in [9.17, 15) is 5.26 Å². The largest absolute Gasteiger partial charge is 0.381 e. The second kappa shape index (κ2) is 3.89. The minimum absolute atomic E-state index is 0.000301. The molecule has 0 bridgehead atoms. The predicted octanol–water partition coefficient (Wildman–Crippen LogP) is 2.06. The molecule has 0 radical (unpaired) electrons. The average molecular weight is 197 g/mol. The first-order chi connectivity index (χ1) is 6.35. The topological polar surface area (TPSA) is 33.0 Å². The van der Waals surface area contributed by atoms with E-state index in [0.717, 1.165) is 32.5 Å². The molecule has 2 fully saturated rings. The Morgan fingerprint density at radius 1 is 1.38 bits per heavy atom. The van der Waals surface area contributed by atoms with Gasteiger partial charge in [0, 0.05) is 5.92 Å². The molecule has 0 spiro atoms. The molecule has 2 heterocycles. The van der Waals surface area contributed by atoms with Gasteiger partial charge in [-0.05, 0) is 30.8 Å². The van der Waals surface area contributed by atoms with Crippen molar-refractivity contribution >= 4 is 11.8 Å². The van der Waals surface area contributed by atoms with E-state index in [4.69, 9.17) is 4.74 Å². The first kappa shape index (κ1) is 9.36. The summed E-state index contributed by atoms with van der Waals surface area (Å²) in [5, 5.41) is 9.21. The fraction of sp³-hybridized carbons (Fsp3) is 0.900. The Balaban J connectivity index is 1.93. The van der Waals surface area contributed by atoms with Crippen LogP contribution in [0.15, 0.2) is 0 Å². The Hall–Kier alpha value is -0.200. The van der Waals surface area contributed by atoms with E-state index >= 15 is 0 Å². The van der Waals surface area contributed by atoms with Gasteiger partial charge in [-0.1, -0.05) is 0 Å². The summed E-state index contributed by atoms with van der Waals surface area (Å²) in [6, 6.07) is 2.55. The van der Waals surface area contributed by atoms with Crippen molar-refractivity contribution in [3.05, 3.63) is 0 Å². The van der Waals surface area contributed by atoms with E-state index in [1.165, 1.54) is 11.5 Å². The number of hydrogen-bond acceptors (Lipinski definition) is 3. The molecule has 0 aromatic carbocycles. The van der Waals surface area contributed by atoms with Gasteiger partial charge >= 0.3 is 0 Å². The molecule has 0 N–H and O–H groups in total. The third-order valence-electron chi connectivity index (χ3n) is 3.07. The van der Waals surface area contributed by atoms with Gasteiger partial charge in [0.1, 0.15) is 0 Å². The summed E-state index contributed by atoms with van der Waals surface area (Å²) in [4.78, 5) is 0. The highest BCUT2D eigenvalue weighted by molar-refractivity contribution is 7.99. The van der Waals surface area contributed by atoms with Crippen LogP contribution in [0.5, 0.6) is 0 Å². The number of nitrogens with zero attached hydrogens (tertiary/aromatic N) is 1. The van der Waals surface area contributed by atoms with Gasteiger partial charge in [-0.3, -0.25) is 0 Å². The van der Waals surface area contributed by atoms with Crippen molar-refractivity contribution in [3.63, 3.8) is 0 Å². The van der Waals surface area contributed by atoms with Crippen LogP contribution in [-0.2, 0) is 4.74 Å². The van der Waals surface area contributed by atoms with Gasteiger partial charge in [-0.2, -0.15) is 17.0 Å². The lowest BCUT2D eigenvalue weighted by Crippen LogP contribution is -2.35. The molecule has 0 aromatic rings. The third kappa shape index (κ3) is 2.00. The number of nitriles is 1. The Morgan fingerprint density at radius 2 is 2.08 bits per heavy atom. The average Bonchev–Trinajstić information content (AvgIpc) is 2.13. The number of thioether (sulfide) groups is 1. The molecule has 0 atom stereocenters. The smallest absolute Gasteiger partial charge is 0.0690 e. The van der Waals surface area contributed by atoms with E-state index in [1.54, 1.807) is 0 Å². The molecule has 72 valence electrons. The maximum atomic E-state index is 9.21. The van der Waals surface area contributed by atoms with E-state index in [1.807, 2.05) is 11.8 Å². The zero-order valence-corrected chi connectivity index (χ0v) is 8.61. The van der Waals surface area contributed by atoms with Crippen molar-refractivity contribution in [2.75, 3.05) is 24.7 Å². The summed E-state index contributed by atoms with van der Waals surface area (Å²) in [6.45, 7) is 1.77. The van der Waals surface area contributed by atoms with Gasteiger partial charge in [0.25, 0.3) is 0 Å². The van der Waals surface area contributed by atoms with Crippen LogP contribution in [0, 0.1) is 22.7 Å². The van der Waals surface area contributed by atoms with Crippen LogP contribution >= 0.6 is 11.8 Å². The maximum absolute atomic E-state index is 9.21. The monoisotopic (exact) mass is 197 g/mol. The van der Waals surface area contributed by atoms with Crippen LogP contribution in [0.4, 0.5) is 0 Å². The Morgan fingerprint density at radius 3 is 2.54 bits per heavy atom. The second-order valence-corrected chi connectivity index (χ2v) is 5.34. The predicted molar refractivity (Wildman–Crippen MR) is 53.5 cm³/mol. The minimum Gasteiger partial charge on any atom is -0.381 e. The van der Waals surface area contributed by atoms with Crippen LogP contribution < -0.4 is 0 Å². The van der Waals surface area contributed by atoms with Crippen molar-refractivity contribution in [2.45, 2.75) is 19.3 Å². The first-order valence-electron chi connectivity index (χ1n) is 4.91. The van der Waals surface area contributed by atoms with Crippen LogP contribution in [0.2, 0.25) is 0 Å². The van der Waals surface area contributed by atoms with E-state index in [2.05, 4.69) is 6.07 Å². The molecule has 0 aromatic heterocycles. The molecular formula is C10H15NOS. The quantitative estimate of drug-likeness (QED) is 0.679. The lowest BCUT2D eigenvalue weighted by molar-refractivity contribution is -0.0492. The van der Waals surface area contributed by atoms with E-state index in [-0.39, 0.29) is 5.41 Å². The van der Waals surface area contributed by atoms with Gasteiger partial charge in [0.2, 0.25) is 0 Å². The highest BCUT2D eigenvalue weighted by atomic mass is 32.2. The number of rotatable bonds is 2. The molecule has 0 aliphatic carbocycles. The molecule has 0 saturated carbocycles. The van der Waals surface area contributed by atoms with Gasteiger partial charge in [0.15, 0.2) is 0 Å². The highest BCUT2D eigenvalue weighted by Gasteiger charge is 2.36. The molecule has 0 unspecified atom stereocenters. The molecule has 2 nitrogen and oxygen atoms in total. The molecule has 2 rings (SSSR count). The van der Waals surface area contributed by atoms with Gasteiger partial charge in [0.05, 0.1) is 24.7 Å². The van der Waals surface area contributed by atoms with Crippen molar-refractivity contribution < 1.29 is 4.74 Å². The van der Waals surface area contributed by atoms with Crippen LogP contribution in [0.3, 0.4) is 0 Å². The van der Waals surface area contributed by atoms with Crippen molar-refractivity contribution in [1.82, 2.24) is 0 Å². The molecule has 3 heteroatoms. The molecule has 2 saturated heterocycles. The standard InChI is InChI=1S/C10H15NOS/c11-8-10(1-3-13-4-2-10)5-9-6-12-7-9/h9H,1-7H2. The summed E-state index contributed by atoms with van der Waals surface area (Å²) >= 11 is 1.98. The first-order valence-corrected chi connectivity index (χ1v) is 6.07. The Bertz CT molecular complexity index is 213. The van der Waals surface area contributed by atoms with Gasteiger partial charge < -0.3 is 4.74 Å². The highest BCUT2D eigenvalue weighted by Crippen LogP contribution is 2.41. The fourth-order valence-electron chi connectivity index (χ4n) is 2.08. The van der Waals surface area contributed by atoms with Crippen molar-refractivity contribution in [1.29, 1.82) is 5.26 Å². The second-order valence-electron chi connectivity index (χ2n) is 4.11. The minimum atomic E-state index is -0.000301. The fourth-order valence-corrected chi connectivity index (χ4v) is 3.35.